The SMILES string of the molecule is CNC(=O)N(C)C(=O)Nc1ccccc1F. The Bertz CT molecular complexity index is 409. The maximum absolute atomic E-state index is 13.2. The fraction of sp³-hybridized carbons (Fsp3) is 0.200. The number of hydrogen-bond acceptors (Lipinski definition) is 2. The number of anilines is 1. The van der Waals surface area contributed by atoms with Gasteiger partial charge in [-0.05, 0) is 12.1 Å². The Labute approximate surface area is 92.2 Å². The van der Waals surface area contributed by atoms with Gasteiger partial charge in [0.25, 0.3) is 0 Å². The summed E-state index contributed by atoms with van der Waals surface area (Å²) < 4.78 is 13.2. The van der Waals surface area contributed by atoms with Gasteiger partial charge in [0, 0.05) is 14.1 Å². The monoisotopic (exact) mass is 225 g/mol. The first kappa shape index (κ1) is 12.0. The zero-order chi connectivity index (χ0) is 12.1. The molecule has 16 heavy (non-hydrogen) atoms. The fourth-order valence-corrected chi connectivity index (χ4v) is 1.02. The van der Waals surface area contributed by atoms with Crippen molar-refractivity contribution in [2.45, 2.75) is 0 Å². The van der Waals surface area contributed by atoms with Crippen molar-refractivity contribution in [1.29, 1.82) is 0 Å². The van der Waals surface area contributed by atoms with E-state index in [0.29, 0.717) is 0 Å². The van der Waals surface area contributed by atoms with Crippen LogP contribution >= 0.6 is 0 Å². The number of hydrogen-bond donors (Lipinski definition) is 2. The fourth-order valence-electron chi connectivity index (χ4n) is 1.02. The van der Waals surface area contributed by atoms with E-state index in [1.54, 1.807) is 6.07 Å². The van der Waals surface area contributed by atoms with Gasteiger partial charge in [-0.3, -0.25) is 0 Å². The van der Waals surface area contributed by atoms with E-state index in [1.807, 2.05) is 0 Å². The van der Waals surface area contributed by atoms with Crippen LogP contribution in [0.25, 0.3) is 0 Å². The second-order valence-corrected chi connectivity index (χ2v) is 3.02. The highest BCUT2D eigenvalue weighted by molar-refractivity contribution is 6.00. The van der Waals surface area contributed by atoms with Gasteiger partial charge in [0.2, 0.25) is 0 Å². The van der Waals surface area contributed by atoms with Crippen molar-refractivity contribution < 1.29 is 14.0 Å². The van der Waals surface area contributed by atoms with Gasteiger partial charge >= 0.3 is 12.1 Å². The Kier molecular flexibility index (Phi) is 3.82. The van der Waals surface area contributed by atoms with Gasteiger partial charge in [0.15, 0.2) is 0 Å². The highest BCUT2D eigenvalue weighted by Gasteiger charge is 2.16. The van der Waals surface area contributed by atoms with Crippen LogP contribution in [0.5, 0.6) is 0 Å². The standard InChI is InChI=1S/C10H12FN3O2/c1-12-9(15)14(2)10(16)13-8-6-4-3-5-7(8)11/h3-6H,1-2H3,(H,12,15)(H,13,16). The van der Waals surface area contributed by atoms with E-state index in [2.05, 4.69) is 10.6 Å². The molecule has 0 fully saturated rings. The van der Waals surface area contributed by atoms with Gasteiger partial charge in [-0.2, -0.15) is 0 Å². The van der Waals surface area contributed by atoms with E-state index in [-0.39, 0.29) is 5.69 Å². The second kappa shape index (κ2) is 5.11. The highest BCUT2D eigenvalue weighted by Crippen LogP contribution is 2.12. The molecule has 0 unspecified atom stereocenters. The molecule has 0 saturated carbocycles. The molecule has 0 aliphatic carbocycles. The van der Waals surface area contributed by atoms with Crippen molar-refractivity contribution in [3.05, 3.63) is 30.1 Å². The lowest BCUT2D eigenvalue weighted by Gasteiger charge is -2.15. The maximum atomic E-state index is 13.2. The van der Waals surface area contributed by atoms with Crippen LogP contribution in [-0.4, -0.2) is 31.1 Å². The summed E-state index contributed by atoms with van der Waals surface area (Å²) in [6, 6.07) is 4.44. The predicted octanol–water partition coefficient (Wildman–Crippen LogP) is 1.63. The Morgan fingerprint density at radius 1 is 1.25 bits per heavy atom. The largest absolute Gasteiger partial charge is 0.341 e. The number of urea groups is 2. The number of nitrogens with one attached hydrogen (secondary N) is 2. The Morgan fingerprint density at radius 2 is 1.88 bits per heavy atom. The smallest absolute Gasteiger partial charge is 0.329 e. The number of rotatable bonds is 1. The first-order valence-corrected chi connectivity index (χ1v) is 4.57. The van der Waals surface area contributed by atoms with Gasteiger partial charge in [-0.25, -0.2) is 18.9 Å². The number of carbonyl (C=O) groups is 2. The Hall–Kier alpha value is -2.11. The Balaban J connectivity index is 2.72. The molecule has 0 spiro atoms. The molecular formula is C10H12FN3O2. The van der Waals surface area contributed by atoms with Crippen LogP contribution in [0.3, 0.4) is 0 Å². The molecule has 0 heterocycles. The zero-order valence-corrected chi connectivity index (χ0v) is 8.95. The highest BCUT2D eigenvalue weighted by atomic mass is 19.1. The van der Waals surface area contributed by atoms with Crippen LogP contribution in [0.2, 0.25) is 0 Å². The van der Waals surface area contributed by atoms with Crippen LogP contribution in [0.1, 0.15) is 0 Å². The van der Waals surface area contributed by atoms with E-state index in [1.165, 1.54) is 32.3 Å². The summed E-state index contributed by atoms with van der Waals surface area (Å²) in [5.74, 6) is -0.554. The minimum absolute atomic E-state index is 0.0308. The lowest BCUT2D eigenvalue weighted by molar-refractivity contribution is 0.203. The van der Waals surface area contributed by atoms with Crippen LogP contribution < -0.4 is 10.6 Å². The van der Waals surface area contributed by atoms with Gasteiger partial charge in [-0.15, -0.1) is 0 Å². The molecule has 4 amide bonds. The lowest BCUT2D eigenvalue weighted by Crippen LogP contribution is -2.41. The van der Waals surface area contributed by atoms with Crippen molar-refractivity contribution in [2.24, 2.45) is 0 Å². The van der Waals surface area contributed by atoms with Gasteiger partial charge in [0.05, 0.1) is 5.69 Å². The molecule has 0 aliphatic heterocycles. The predicted molar refractivity (Wildman–Crippen MR) is 57.6 cm³/mol. The first-order valence-electron chi connectivity index (χ1n) is 4.57. The number of amides is 4. The molecule has 1 rings (SSSR count). The molecule has 0 radical (unpaired) electrons. The molecule has 1 aromatic rings. The summed E-state index contributed by atoms with van der Waals surface area (Å²) >= 11 is 0. The molecule has 6 heteroatoms. The van der Waals surface area contributed by atoms with E-state index < -0.39 is 17.9 Å². The summed E-state index contributed by atoms with van der Waals surface area (Å²) in [4.78, 5) is 23.4. The number of para-hydroxylation sites is 1. The number of imide groups is 1. The summed E-state index contributed by atoms with van der Waals surface area (Å²) in [5.41, 5.74) is 0.0308. The minimum atomic E-state index is -0.704. The molecule has 86 valence electrons. The average Bonchev–Trinajstić information content (AvgIpc) is 2.30. The van der Waals surface area contributed by atoms with Crippen molar-refractivity contribution in [3.8, 4) is 0 Å². The van der Waals surface area contributed by atoms with Crippen molar-refractivity contribution in [3.63, 3.8) is 0 Å². The van der Waals surface area contributed by atoms with Gasteiger partial charge in [0.1, 0.15) is 5.82 Å². The topological polar surface area (TPSA) is 61.4 Å². The minimum Gasteiger partial charge on any atom is -0.341 e. The molecule has 2 N–H and O–H groups in total. The van der Waals surface area contributed by atoms with E-state index in [9.17, 15) is 14.0 Å². The third-order valence-electron chi connectivity index (χ3n) is 1.94. The van der Waals surface area contributed by atoms with E-state index in [0.717, 1.165) is 4.90 Å². The summed E-state index contributed by atoms with van der Waals surface area (Å²) in [6.45, 7) is 0. The van der Waals surface area contributed by atoms with Crippen LogP contribution in [-0.2, 0) is 0 Å². The molecule has 0 bridgehead atoms. The lowest BCUT2D eigenvalue weighted by atomic mass is 10.3. The maximum Gasteiger partial charge on any atom is 0.329 e. The third-order valence-corrected chi connectivity index (χ3v) is 1.94. The molecular weight excluding hydrogens is 213 g/mol. The third kappa shape index (κ3) is 2.69. The van der Waals surface area contributed by atoms with E-state index >= 15 is 0 Å². The van der Waals surface area contributed by atoms with Crippen LogP contribution in [0.15, 0.2) is 24.3 Å². The van der Waals surface area contributed by atoms with Crippen LogP contribution in [0, 0.1) is 5.82 Å². The number of benzene rings is 1. The van der Waals surface area contributed by atoms with Crippen molar-refractivity contribution in [1.82, 2.24) is 10.2 Å². The molecule has 1 aromatic carbocycles. The average molecular weight is 225 g/mol. The summed E-state index contributed by atoms with van der Waals surface area (Å²) in [6.07, 6.45) is 0. The molecule has 0 aromatic heterocycles. The van der Waals surface area contributed by atoms with Crippen molar-refractivity contribution >= 4 is 17.7 Å². The first-order chi connectivity index (χ1) is 7.56. The molecule has 0 atom stereocenters. The second-order valence-electron chi connectivity index (χ2n) is 3.02. The van der Waals surface area contributed by atoms with Gasteiger partial charge < -0.3 is 10.6 Å². The molecule has 0 aliphatic rings. The molecule has 5 nitrogen and oxygen atoms in total. The summed E-state index contributed by atoms with van der Waals surface area (Å²) in [5, 5.41) is 4.55. The summed E-state index contributed by atoms with van der Waals surface area (Å²) in [7, 11) is 2.68. The number of carbonyl (C=O) groups excluding carboxylic acids is 2. The quantitative estimate of drug-likeness (QED) is 0.763. The Morgan fingerprint density at radius 3 is 2.44 bits per heavy atom. The number of nitrogens with zero attached hydrogens (tertiary/aromatic N) is 1. The van der Waals surface area contributed by atoms with E-state index in [4.69, 9.17) is 0 Å². The normalized spacial score (nSPS) is 9.44. The van der Waals surface area contributed by atoms with Gasteiger partial charge in [-0.1, -0.05) is 12.1 Å². The van der Waals surface area contributed by atoms with Crippen molar-refractivity contribution in [2.75, 3.05) is 19.4 Å². The molecule has 0 saturated heterocycles. The van der Waals surface area contributed by atoms with Crippen LogP contribution in [0.4, 0.5) is 19.7 Å². The zero-order valence-electron chi connectivity index (χ0n) is 8.95. The number of halogens is 1.